The lowest BCUT2D eigenvalue weighted by molar-refractivity contribution is 0.214. The van der Waals surface area contributed by atoms with E-state index in [1.807, 2.05) is 0 Å². The third-order valence-electron chi connectivity index (χ3n) is 2.24. The molecule has 2 aliphatic rings. The molecule has 0 N–H and O–H groups in total. The zero-order valence-corrected chi connectivity index (χ0v) is 8.23. The third kappa shape index (κ3) is 1.31. The van der Waals surface area contributed by atoms with E-state index < -0.39 is 0 Å². The Hall–Kier alpha value is -0.0500. The summed E-state index contributed by atoms with van der Waals surface area (Å²) >= 11 is 3.62. The lowest BCUT2D eigenvalue weighted by Gasteiger charge is -2.10. The zero-order chi connectivity index (χ0) is 7.90. The van der Waals surface area contributed by atoms with Crippen molar-refractivity contribution in [1.82, 2.24) is 0 Å². The van der Waals surface area contributed by atoms with Crippen LogP contribution < -0.4 is 0 Å². The number of hydrogen-bond donors (Lipinski definition) is 0. The number of ether oxygens (including phenoxy) is 1. The van der Waals surface area contributed by atoms with Gasteiger partial charge in [-0.1, -0.05) is 22.9 Å². The molecule has 3 heteroatoms. The number of rotatable bonds is 2. The summed E-state index contributed by atoms with van der Waals surface area (Å²) in [5.41, 5.74) is 0. The first-order valence-electron chi connectivity index (χ1n) is 4.15. The maximum absolute atomic E-state index is 5.64. The minimum Gasteiger partial charge on any atom is -0.475 e. The largest absolute Gasteiger partial charge is 0.475 e. The number of nitrogens with zero attached hydrogens (tertiary/aromatic N) is 1. The summed E-state index contributed by atoms with van der Waals surface area (Å²) in [5.74, 6) is 0.948. The van der Waals surface area contributed by atoms with Crippen LogP contribution in [0, 0.1) is 0 Å². The van der Waals surface area contributed by atoms with E-state index in [1.165, 1.54) is 12.8 Å². The Morgan fingerprint density at radius 2 is 2.45 bits per heavy atom. The van der Waals surface area contributed by atoms with Crippen LogP contribution in [0.4, 0.5) is 0 Å². The highest BCUT2D eigenvalue weighted by molar-refractivity contribution is 9.10. The van der Waals surface area contributed by atoms with E-state index in [0.29, 0.717) is 6.10 Å². The molecule has 11 heavy (non-hydrogen) atoms. The molecule has 62 valence electrons. The summed E-state index contributed by atoms with van der Waals surface area (Å²) in [4.78, 5) is 4.37. The van der Waals surface area contributed by atoms with Gasteiger partial charge in [0.2, 0.25) is 5.90 Å². The molecular weight excluding hydrogens is 206 g/mol. The Kier molecular flexibility index (Phi) is 1.71. The molecular formula is C8H12BrNO. The Labute approximate surface area is 75.2 Å². The van der Waals surface area contributed by atoms with Gasteiger partial charge in [-0.3, -0.25) is 4.99 Å². The van der Waals surface area contributed by atoms with Crippen LogP contribution in [0.3, 0.4) is 0 Å². The van der Waals surface area contributed by atoms with Gasteiger partial charge in [-0.2, -0.15) is 0 Å². The van der Waals surface area contributed by atoms with E-state index in [9.17, 15) is 0 Å². The molecule has 0 spiro atoms. The predicted octanol–water partition coefficient (Wildman–Crippen LogP) is 2.12. The fourth-order valence-electron chi connectivity index (χ4n) is 1.20. The number of alkyl halides is 1. The van der Waals surface area contributed by atoms with Crippen LogP contribution in [-0.2, 0) is 4.74 Å². The summed E-state index contributed by atoms with van der Waals surface area (Å²) in [5, 5.41) is 0. The van der Waals surface area contributed by atoms with E-state index in [0.717, 1.165) is 18.9 Å². The van der Waals surface area contributed by atoms with E-state index in [1.54, 1.807) is 0 Å². The van der Waals surface area contributed by atoms with Crippen LogP contribution in [0.2, 0.25) is 0 Å². The highest BCUT2D eigenvalue weighted by Gasteiger charge is 2.48. The van der Waals surface area contributed by atoms with Crippen molar-refractivity contribution in [2.24, 2.45) is 4.99 Å². The van der Waals surface area contributed by atoms with Crippen molar-refractivity contribution < 1.29 is 4.74 Å². The minimum atomic E-state index is 0.150. The monoisotopic (exact) mass is 217 g/mol. The molecule has 0 amide bonds. The standard InChI is InChI=1S/C8H12BrNO/c1-2-6-5-10-7(11-6)8(9)3-4-8/h6H,2-5H2,1H3/t6-/m1/s1. The van der Waals surface area contributed by atoms with Crippen molar-refractivity contribution in [2.45, 2.75) is 36.6 Å². The van der Waals surface area contributed by atoms with Gasteiger partial charge < -0.3 is 4.74 Å². The third-order valence-corrected chi connectivity index (χ3v) is 3.38. The second-order valence-corrected chi connectivity index (χ2v) is 4.78. The average molecular weight is 218 g/mol. The van der Waals surface area contributed by atoms with Gasteiger partial charge in [-0.05, 0) is 19.3 Å². The molecule has 2 nitrogen and oxygen atoms in total. The Morgan fingerprint density at radius 1 is 1.73 bits per heavy atom. The SMILES string of the molecule is CC[C@@H]1CN=C(C2(Br)CC2)O1. The van der Waals surface area contributed by atoms with Gasteiger partial charge in [0, 0.05) is 0 Å². The van der Waals surface area contributed by atoms with Crippen LogP contribution in [0.1, 0.15) is 26.2 Å². The number of hydrogen-bond acceptors (Lipinski definition) is 2. The van der Waals surface area contributed by atoms with E-state index in [-0.39, 0.29) is 4.32 Å². The fraction of sp³-hybridized carbons (Fsp3) is 0.875. The minimum absolute atomic E-state index is 0.150. The van der Waals surface area contributed by atoms with Crippen LogP contribution in [0.15, 0.2) is 4.99 Å². The maximum atomic E-state index is 5.64. The molecule has 0 unspecified atom stereocenters. The molecule has 1 aliphatic heterocycles. The highest BCUT2D eigenvalue weighted by atomic mass is 79.9. The van der Waals surface area contributed by atoms with Crippen molar-refractivity contribution in [3.63, 3.8) is 0 Å². The second kappa shape index (κ2) is 2.47. The zero-order valence-electron chi connectivity index (χ0n) is 6.64. The molecule has 0 aromatic heterocycles. The molecule has 1 heterocycles. The van der Waals surface area contributed by atoms with Crippen LogP contribution in [-0.4, -0.2) is 22.9 Å². The molecule has 0 radical (unpaired) electrons. The van der Waals surface area contributed by atoms with Gasteiger partial charge in [0.05, 0.1) is 6.54 Å². The van der Waals surface area contributed by atoms with Gasteiger partial charge in [-0.25, -0.2) is 0 Å². The fourth-order valence-corrected chi connectivity index (χ4v) is 1.62. The molecule has 0 aromatic rings. The van der Waals surface area contributed by atoms with Crippen LogP contribution >= 0.6 is 15.9 Å². The molecule has 1 aliphatic carbocycles. The van der Waals surface area contributed by atoms with Crippen LogP contribution in [0.5, 0.6) is 0 Å². The van der Waals surface area contributed by atoms with Crippen molar-refractivity contribution in [1.29, 1.82) is 0 Å². The van der Waals surface area contributed by atoms with E-state index >= 15 is 0 Å². The van der Waals surface area contributed by atoms with Gasteiger partial charge in [0.15, 0.2) is 0 Å². The molecule has 1 saturated carbocycles. The van der Waals surface area contributed by atoms with Crippen LogP contribution in [0.25, 0.3) is 0 Å². The Balaban J connectivity index is 1.98. The molecule has 0 saturated heterocycles. The Bertz CT molecular complexity index is 198. The summed E-state index contributed by atoms with van der Waals surface area (Å²) in [7, 11) is 0. The summed E-state index contributed by atoms with van der Waals surface area (Å²) < 4.78 is 5.79. The predicted molar refractivity (Wildman–Crippen MR) is 48.4 cm³/mol. The topological polar surface area (TPSA) is 21.6 Å². The van der Waals surface area contributed by atoms with Crippen molar-refractivity contribution in [3.05, 3.63) is 0 Å². The first kappa shape index (κ1) is 7.59. The van der Waals surface area contributed by atoms with Gasteiger partial charge >= 0.3 is 0 Å². The normalized spacial score (nSPS) is 32.9. The second-order valence-electron chi connectivity index (χ2n) is 3.26. The first-order valence-corrected chi connectivity index (χ1v) is 4.94. The summed E-state index contributed by atoms with van der Waals surface area (Å²) in [6.07, 6.45) is 3.78. The maximum Gasteiger partial charge on any atom is 0.201 e. The molecule has 1 fully saturated rings. The van der Waals surface area contributed by atoms with Gasteiger partial charge in [0.1, 0.15) is 10.4 Å². The summed E-state index contributed by atoms with van der Waals surface area (Å²) in [6, 6.07) is 0. The van der Waals surface area contributed by atoms with Crippen molar-refractivity contribution in [2.75, 3.05) is 6.54 Å². The first-order chi connectivity index (χ1) is 5.24. The average Bonchev–Trinajstić information content (AvgIpc) is 2.61. The lowest BCUT2D eigenvalue weighted by Crippen LogP contribution is -2.19. The van der Waals surface area contributed by atoms with E-state index in [2.05, 4.69) is 27.8 Å². The number of aliphatic imine (C=N–C) groups is 1. The molecule has 2 rings (SSSR count). The van der Waals surface area contributed by atoms with Crippen molar-refractivity contribution >= 4 is 21.8 Å². The highest BCUT2D eigenvalue weighted by Crippen LogP contribution is 2.47. The molecule has 1 atom stereocenters. The van der Waals surface area contributed by atoms with Gasteiger partial charge in [0.25, 0.3) is 0 Å². The lowest BCUT2D eigenvalue weighted by atomic mass is 10.3. The quantitative estimate of drug-likeness (QED) is 0.650. The smallest absolute Gasteiger partial charge is 0.201 e. The van der Waals surface area contributed by atoms with E-state index in [4.69, 9.17) is 4.74 Å². The summed E-state index contributed by atoms with van der Waals surface area (Å²) in [6.45, 7) is 3.00. The van der Waals surface area contributed by atoms with Gasteiger partial charge in [-0.15, -0.1) is 0 Å². The molecule has 0 aromatic carbocycles. The van der Waals surface area contributed by atoms with Crippen molar-refractivity contribution in [3.8, 4) is 0 Å². The molecule has 0 bridgehead atoms. The Morgan fingerprint density at radius 3 is 2.91 bits per heavy atom. The number of halogens is 1.